The highest BCUT2D eigenvalue weighted by atomic mass is 35.5. The lowest BCUT2D eigenvalue weighted by atomic mass is 10.0. The molecule has 17 heavy (non-hydrogen) atoms. The molecule has 0 saturated heterocycles. The summed E-state index contributed by atoms with van der Waals surface area (Å²) in [6.07, 6.45) is 7.07. The summed E-state index contributed by atoms with van der Waals surface area (Å²) in [5.41, 5.74) is 1.94. The van der Waals surface area contributed by atoms with Gasteiger partial charge in [-0.1, -0.05) is 35.7 Å². The average Bonchev–Trinajstić information content (AvgIpc) is 2.47. The van der Waals surface area contributed by atoms with Gasteiger partial charge in [-0.15, -0.1) is 11.6 Å². The Bertz CT molecular complexity index is 426. The molecule has 1 unspecified atom stereocenters. The van der Waals surface area contributed by atoms with Crippen molar-refractivity contribution in [2.24, 2.45) is 0 Å². The topological polar surface area (TPSA) is 0 Å². The predicted molar refractivity (Wildman–Crippen MR) is 71.3 cm³/mol. The van der Waals surface area contributed by atoms with Gasteiger partial charge in [-0.05, 0) is 43.4 Å². The lowest BCUT2D eigenvalue weighted by Crippen LogP contribution is -1.96. The van der Waals surface area contributed by atoms with E-state index in [4.69, 9.17) is 23.2 Å². The number of benzene rings is 1. The van der Waals surface area contributed by atoms with Crippen LogP contribution in [0.25, 0.3) is 0 Å². The van der Waals surface area contributed by atoms with E-state index in [-0.39, 0.29) is 11.2 Å². The summed E-state index contributed by atoms with van der Waals surface area (Å²) >= 11 is 11.9. The number of halogens is 3. The highest BCUT2D eigenvalue weighted by Gasteiger charge is 2.12. The Hall–Kier alpha value is -0.530. The van der Waals surface area contributed by atoms with Gasteiger partial charge in [0.05, 0.1) is 5.38 Å². The van der Waals surface area contributed by atoms with Crippen LogP contribution in [0.1, 0.15) is 31.2 Å². The number of rotatable bonds is 2. The van der Waals surface area contributed by atoms with Gasteiger partial charge >= 0.3 is 0 Å². The standard InChI is InChI=1S/C14H15Cl2F/c15-12-4-2-1-3-10(8-12)7-11-5-6-13(16)9-14(11)17/h5-6,8-9,12H,1-4,7H2. The maximum absolute atomic E-state index is 13.7. The Morgan fingerprint density at radius 3 is 2.88 bits per heavy atom. The number of hydrogen-bond donors (Lipinski definition) is 0. The van der Waals surface area contributed by atoms with Crippen LogP contribution in [0.2, 0.25) is 5.02 Å². The van der Waals surface area contributed by atoms with Gasteiger partial charge in [-0.2, -0.15) is 0 Å². The van der Waals surface area contributed by atoms with E-state index in [1.54, 1.807) is 12.1 Å². The van der Waals surface area contributed by atoms with Crippen molar-refractivity contribution in [1.82, 2.24) is 0 Å². The van der Waals surface area contributed by atoms with Gasteiger partial charge in [-0.3, -0.25) is 0 Å². The van der Waals surface area contributed by atoms with Crippen LogP contribution >= 0.6 is 23.2 Å². The number of allylic oxidation sites excluding steroid dienone is 2. The molecule has 0 spiro atoms. The van der Waals surface area contributed by atoms with E-state index >= 15 is 0 Å². The second-order valence-electron chi connectivity index (χ2n) is 4.50. The van der Waals surface area contributed by atoms with Crippen molar-refractivity contribution in [3.05, 3.63) is 46.3 Å². The third-order valence-electron chi connectivity index (χ3n) is 3.08. The molecule has 0 nitrogen and oxygen atoms in total. The quantitative estimate of drug-likeness (QED) is 0.517. The molecule has 0 radical (unpaired) electrons. The SMILES string of the molecule is Fc1cc(Cl)ccc1CC1=CC(Cl)CCCC1. The number of hydrogen-bond acceptors (Lipinski definition) is 0. The summed E-state index contributed by atoms with van der Waals surface area (Å²) in [4.78, 5) is 0. The first-order chi connectivity index (χ1) is 8.15. The Morgan fingerprint density at radius 1 is 1.29 bits per heavy atom. The first-order valence-corrected chi connectivity index (χ1v) is 6.74. The minimum Gasteiger partial charge on any atom is -0.207 e. The Balaban J connectivity index is 2.14. The monoisotopic (exact) mass is 272 g/mol. The highest BCUT2D eigenvalue weighted by molar-refractivity contribution is 6.30. The molecule has 0 amide bonds. The van der Waals surface area contributed by atoms with Crippen molar-refractivity contribution >= 4 is 23.2 Å². The predicted octanol–water partition coefficient (Wildman–Crippen LogP) is 5.13. The van der Waals surface area contributed by atoms with Crippen LogP contribution in [0.4, 0.5) is 4.39 Å². The summed E-state index contributed by atoms with van der Waals surface area (Å²) in [6.45, 7) is 0. The molecule has 0 fully saturated rings. The zero-order valence-electron chi connectivity index (χ0n) is 9.56. The smallest absolute Gasteiger partial charge is 0.128 e. The van der Waals surface area contributed by atoms with Crippen molar-refractivity contribution in [3.63, 3.8) is 0 Å². The Kier molecular flexibility index (Phi) is 4.47. The zero-order valence-corrected chi connectivity index (χ0v) is 11.1. The number of alkyl halides is 1. The van der Waals surface area contributed by atoms with E-state index < -0.39 is 0 Å². The van der Waals surface area contributed by atoms with Gasteiger partial charge in [-0.25, -0.2) is 4.39 Å². The summed E-state index contributed by atoms with van der Waals surface area (Å²) in [5.74, 6) is -0.228. The zero-order chi connectivity index (χ0) is 12.3. The second kappa shape index (κ2) is 5.88. The van der Waals surface area contributed by atoms with Crippen LogP contribution in [0.5, 0.6) is 0 Å². The second-order valence-corrected chi connectivity index (χ2v) is 5.50. The lowest BCUT2D eigenvalue weighted by molar-refractivity contribution is 0.611. The molecule has 1 aliphatic carbocycles. The molecule has 2 rings (SSSR count). The van der Waals surface area contributed by atoms with Crippen molar-refractivity contribution in [2.75, 3.05) is 0 Å². The molecule has 1 atom stereocenters. The third kappa shape index (κ3) is 3.72. The van der Waals surface area contributed by atoms with Crippen LogP contribution in [0.3, 0.4) is 0 Å². The van der Waals surface area contributed by atoms with E-state index in [1.807, 2.05) is 0 Å². The molecular formula is C14H15Cl2F. The van der Waals surface area contributed by atoms with Crippen LogP contribution in [-0.4, -0.2) is 5.38 Å². The molecule has 1 aliphatic rings. The minimum absolute atomic E-state index is 0.0999. The van der Waals surface area contributed by atoms with Crippen molar-refractivity contribution in [3.8, 4) is 0 Å². The Morgan fingerprint density at radius 2 is 2.12 bits per heavy atom. The van der Waals surface area contributed by atoms with E-state index in [2.05, 4.69) is 6.08 Å². The molecule has 0 aromatic heterocycles. The molecule has 0 bridgehead atoms. The van der Waals surface area contributed by atoms with Crippen LogP contribution < -0.4 is 0 Å². The van der Waals surface area contributed by atoms with Crippen molar-refractivity contribution in [2.45, 2.75) is 37.5 Å². The van der Waals surface area contributed by atoms with Gasteiger partial charge in [0.2, 0.25) is 0 Å². The molecule has 1 aromatic carbocycles. The van der Waals surface area contributed by atoms with Crippen LogP contribution in [-0.2, 0) is 6.42 Å². The van der Waals surface area contributed by atoms with E-state index in [9.17, 15) is 4.39 Å². The van der Waals surface area contributed by atoms with Crippen LogP contribution in [0, 0.1) is 5.82 Å². The average molecular weight is 273 g/mol. The van der Waals surface area contributed by atoms with E-state index in [0.717, 1.165) is 25.7 Å². The van der Waals surface area contributed by atoms with Gasteiger partial charge < -0.3 is 0 Å². The maximum Gasteiger partial charge on any atom is 0.128 e. The van der Waals surface area contributed by atoms with Gasteiger partial charge in [0.15, 0.2) is 0 Å². The minimum atomic E-state index is -0.228. The maximum atomic E-state index is 13.7. The molecule has 3 heteroatoms. The largest absolute Gasteiger partial charge is 0.207 e. The van der Waals surface area contributed by atoms with E-state index in [1.165, 1.54) is 11.6 Å². The van der Waals surface area contributed by atoms with Gasteiger partial charge in [0.1, 0.15) is 5.82 Å². The Labute approximate surface area is 111 Å². The molecule has 0 aliphatic heterocycles. The van der Waals surface area contributed by atoms with Gasteiger partial charge in [0.25, 0.3) is 0 Å². The van der Waals surface area contributed by atoms with Gasteiger partial charge in [0, 0.05) is 5.02 Å². The first kappa shape index (κ1) is 12.9. The summed E-state index contributed by atoms with van der Waals surface area (Å²) in [6, 6.07) is 4.86. The summed E-state index contributed by atoms with van der Waals surface area (Å²) in [7, 11) is 0. The summed E-state index contributed by atoms with van der Waals surface area (Å²) < 4.78 is 13.7. The van der Waals surface area contributed by atoms with E-state index in [0.29, 0.717) is 17.0 Å². The molecular weight excluding hydrogens is 258 g/mol. The molecule has 0 N–H and O–H groups in total. The highest BCUT2D eigenvalue weighted by Crippen LogP contribution is 2.25. The normalized spacial score (nSPS) is 20.9. The fourth-order valence-electron chi connectivity index (χ4n) is 2.17. The van der Waals surface area contributed by atoms with Crippen molar-refractivity contribution in [1.29, 1.82) is 0 Å². The van der Waals surface area contributed by atoms with Crippen LogP contribution in [0.15, 0.2) is 29.8 Å². The molecule has 1 aromatic rings. The molecule has 0 saturated carbocycles. The fourth-order valence-corrected chi connectivity index (χ4v) is 2.66. The lowest BCUT2D eigenvalue weighted by Gasteiger charge is -2.07. The first-order valence-electron chi connectivity index (χ1n) is 5.93. The third-order valence-corrected chi connectivity index (χ3v) is 3.66. The summed E-state index contributed by atoms with van der Waals surface area (Å²) in [5, 5.41) is 0.541. The molecule has 92 valence electrons. The van der Waals surface area contributed by atoms with Crippen molar-refractivity contribution < 1.29 is 4.39 Å². The molecule has 0 heterocycles. The fraction of sp³-hybridized carbons (Fsp3) is 0.429.